The third kappa shape index (κ3) is 6.24. The van der Waals surface area contributed by atoms with Gasteiger partial charge in [-0.1, -0.05) is 18.2 Å². The zero-order valence-electron chi connectivity index (χ0n) is 18.7. The van der Waals surface area contributed by atoms with E-state index in [2.05, 4.69) is 21.4 Å². The van der Waals surface area contributed by atoms with E-state index in [4.69, 9.17) is 4.74 Å². The number of halogens is 3. The number of carbonyl (C=O) groups is 1. The van der Waals surface area contributed by atoms with Gasteiger partial charge in [-0.25, -0.2) is 14.8 Å². The molecule has 0 spiro atoms. The molecular formula is C25H25F3N4O2. The molecule has 0 saturated carbocycles. The molecule has 178 valence electrons. The number of aryl methyl sites for hydroxylation is 1. The van der Waals surface area contributed by atoms with Gasteiger partial charge in [0.05, 0.1) is 11.9 Å². The van der Waals surface area contributed by atoms with E-state index in [9.17, 15) is 18.0 Å². The molecule has 1 aliphatic heterocycles. The van der Waals surface area contributed by atoms with Gasteiger partial charge in [0.25, 0.3) is 0 Å². The maximum absolute atomic E-state index is 12.6. The first-order valence-electron chi connectivity index (χ1n) is 11.0. The molecule has 3 heterocycles. The monoisotopic (exact) mass is 470 g/mol. The summed E-state index contributed by atoms with van der Waals surface area (Å²) in [5, 5.41) is 2.62. The van der Waals surface area contributed by atoms with E-state index in [1.54, 1.807) is 11.1 Å². The molecular weight excluding hydrogens is 445 g/mol. The molecule has 0 bridgehead atoms. The third-order valence-electron chi connectivity index (χ3n) is 5.74. The van der Waals surface area contributed by atoms with Crippen molar-refractivity contribution in [2.24, 2.45) is 5.92 Å². The molecule has 34 heavy (non-hydrogen) atoms. The number of aromatic nitrogens is 2. The van der Waals surface area contributed by atoms with Crippen molar-refractivity contribution in [2.45, 2.75) is 32.4 Å². The van der Waals surface area contributed by atoms with Crippen molar-refractivity contribution in [1.82, 2.24) is 14.9 Å². The van der Waals surface area contributed by atoms with Crippen LogP contribution in [0.4, 0.5) is 23.7 Å². The van der Waals surface area contributed by atoms with E-state index in [0.717, 1.165) is 48.4 Å². The smallest absolute Gasteiger partial charge is 0.433 e. The number of hydrogen-bond donors (Lipinski definition) is 1. The predicted molar refractivity (Wildman–Crippen MR) is 122 cm³/mol. The summed E-state index contributed by atoms with van der Waals surface area (Å²) >= 11 is 0. The molecule has 1 saturated heterocycles. The Bertz CT molecular complexity index is 1110. The Kier molecular flexibility index (Phi) is 7.00. The Labute approximate surface area is 195 Å². The highest BCUT2D eigenvalue weighted by Gasteiger charge is 2.32. The minimum absolute atomic E-state index is 0.236. The number of pyridine rings is 2. The second-order valence-electron chi connectivity index (χ2n) is 8.42. The van der Waals surface area contributed by atoms with E-state index in [0.29, 0.717) is 24.9 Å². The standard InChI is InChI=1S/C25H25F3N4O2/c1-17-5-8-23(30-15-17)34-21-4-2-3-19(14-21)13-18-9-11-32(12-10-18)24(33)31-20-6-7-22(29-16-20)25(26,27)28/h2-8,14-16,18H,9-13H2,1H3,(H,31,33). The first-order chi connectivity index (χ1) is 16.3. The number of nitrogens with zero attached hydrogens (tertiary/aromatic N) is 3. The molecule has 0 unspecified atom stereocenters. The van der Waals surface area contributed by atoms with Crippen molar-refractivity contribution in [2.75, 3.05) is 18.4 Å². The van der Waals surface area contributed by atoms with Gasteiger partial charge in [0.2, 0.25) is 5.88 Å². The number of alkyl halides is 3. The number of likely N-dealkylation sites (tertiary alicyclic amines) is 1. The number of nitrogens with one attached hydrogen (secondary N) is 1. The summed E-state index contributed by atoms with van der Waals surface area (Å²) in [6.45, 7) is 3.13. The minimum atomic E-state index is -4.51. The van der Waals surface area contributed by atoms with Crippen molar-refractivity contribution >= 4 is 11.7 Å². The van der Waals surface area contributed by atoms with Gasteiger partial charge in [-0.05, 0) is 67.5 Å². The topological polar surface area (TPSA) is 67.3 Å². The molecule has 4 rings (SSSR count). The summed E-state index contributed by atoms with van der Waals surface area (Å²) in [6, 6.07) is 13.4. The summed E-state index contributed by atoms with van der Waals surface area (Å²) in [6.07, 6.45) is 0.822. The van der Waals surface area contributed by atoms with Crippen LogP contribution >= 0.6 is 0 Å². The second-order valence-corrected chi connectivity index (χ2v) is 8.42. The first-order valence-corrected chi connectivity index (χ1v) is 11.0. The molecule has 3 aromatic rings. The van der Waals surface area contributed by atoms with Crippen molar-refractivity contribution in [1.29, 1.82) is 0 Å². The van der Waals surface area contributed by atoms with E-state index >= 15 is 0 Å². The molecule has 1 aliphatic rings. The number of benzene rings is 1. The molecule has 1 aromatic carbocycles. The molecule has 6 nitrogen and oxygen atoms in total. The fourth-order valence-electron chi connectivity index (χ4n) is 3.88. The second kappa shape index (κ2) is 10.1. The first kappa shape index (κ1) is 23.5. The van der Waals surface area contributed by atoms with Crippen LogP contribution in [0, 0.1) is 12.8 Å². The fourth-order valence-corrected chi connectivity index (χ4v) is 3.88. The van der Waals surface area contributed by atoms with Gasteiger partial charge < -0.3 is 15.0 Å². The predicted octanol–water partition coefficient (Wildman–Crippen LogP) is 6.08. The highest BCUT2D eigenvalue weighted by atomic mass is 19.4. The average molecular weight is 470 g/mol. The average Bonchev–Trinajstić information content (AvgIpc) is 2.81. The van der Waals surface area contributed by atoms with E-state index in [1.807, 2.05) is 37.3 Å². The summed E-state index contributed by atoms with van der Waals surface area (Å²) in [4.78, 5) is 21.8. The lowest BCUT2D eigenvalue weighted by Crippen LogP contribution is -2.41. The van der Waals surface area contributed by atoms with Crippen LogP contribution in [0.3, 0.4) is 0 Å². The van der Waals surface area contributed by atoms with E-state index in [1.165, 1.54) is 6.07 Å². The van der Waals surface area contributed by atoms with Gasteiger partial charge >= 0.3 is 12.2 Å². The largest absolute Gasteiger partial charge is 0.439 e. The van der Waals surface area contributed by atoms with Crippen LogP contribution in [-0.2, 0) is 12.6 Å². The van der Waals surface area contributed by atoms with E-state index < -0.39 is 11.9 Å². The highest BCUT2D eigenvalue weighted by Crippen LogP contribution is 2.28. The third-order valence-corrected chi connectivity index (χ3v) is 5.74. The maximum Gasteiger partial charge on any atom is 0.433 e. The number of urea groups is 1. The van der Waals surface area contributed by atoms with Crippen LogP contribution in [0.25, 0.3) is 0 Å². The Balaban J connectivity index is 1.27. The number of hydrogen-bond acceptors (Lipinski definition) is 4. The fraction of sp³-hybridized carbons (Fsp3) is 0.320. The van der Waals surface area contributed by atoms with Gasteiger partial charge in [-0.15, -0.1) is 0 Å². The normalized spacial score (nSPS) is 14.6. The Morgan fingerprint density at radius 1 is 1.09 bits per heavy atom. The quantitative estimate of drug-likeness (QED) is 0.491. The number of carbonyl (C=O) groups excluding carboxylic acids is 1. The number of amides is 2. The highest BCUT2D eigenvalue weighted by molar-refractivity contribution is 5.89. The summed E-state index contributed by atoms with van der Waals surface area (Å²) in [5.74, 6) is 1.70. The summed E-state index contributed by atoms with van der Waals surface area (Å²) in [7, 11) is 0. The van der Waals surface area contributed by atoms with Crippen molar-refractivity contribution < 1.29 is 22.7 Å². The van der Waals surface area contributed by atoms with E-state index in [-0.39, 0.29) is 11.7 Å². The number of piperidine rings is 1. The van der Waals surface area contributed by atoms with Gasteiger partial charge in [0.1, 0.15) is 11.4 Å². The zero-order valence-corrected chi connectivity index (χ0v) is 18.7. The number of ether oxygens (including phenoxy) is 1. The van der Waals surface area contributed by atoms with Crippen LogP contribution < -0.4 is 10.1 Å². The molecule has 1 N–H and O–H groups in total. The SMILES string of the molecule is Cc1ccc(Oc2cccc(CC3CCN(C(=O)Nc4ccc(C(F)(F)F)nc4)CC3)c2)nc1. The lowest BCUT2D eigenvalue weighted by molar-refractivity contribution is -0.141. The molecule has 0 aliphatic carbocycles. The zero-order chi connectivity index (χ0) is 24.1. The molecule has 1 fully saturated rings. The summed E-state index contributed by atoms with van der Waals surface area (Å²) < 4.78 is 43.7. The van der Waals surface area contributed by atoms with Gasteiger partial charge in [-0.3, -0.25) is 0 Å². The summed E-state index contributed by atoms with van der Waals surface area (Å²) in [5.41, 5.74) is 1.47. The number of anilines is 1. The van der Waals surface area contributed by atoms with Crippen LogP contribution in [0.5, 0.6) is 11.6 Å². The van der Waals surface area contributed by atoms with Crippen molar-refractivity contribution in [3.63, 3.8) is 0 Å². The van der Waals surface area contributed by atoms with Crippen LogP contribution in [0.1, 0.15) is 29.7 Å². The Morgan fingerprint density at radius 2 is 1.88 bits per heavy atom. The Morgan fingerprint density at radius 3 is 2.53 bits per heavy atom. The molecule has 0 atom stereocenters. The van der Waals surface area contributed by atoms with Gasteiger partial charge in [0.15, 0.2) is 0 Å². The van der Waals surface area contributed by atoms with Crippen molar-refractivity contribution in [3.05, 3.63) is 77.7 Å². The Hall–Kier alpha value is -3.62. The minimum Gasteiger partial charge on any atom is -0.439 e. The van der Waals surface area contributed by atoms with Gasteiger partial charge in [-0.2, -0.15) is 13.2 Å². The molecule has 0 radical (unpaired) electrons. The molecule has 9 heteroatoms. The lowest BCUT2D eigenvalue weighted by atomic mass is 9.90. The van der Waals surface area contributed by atoms with Gasteiger partial charge in [0, 0.05) is 25.4 Å². The number of rotatable bonds is 5. The van der Waals surface area contributed by atoms with Crippen LogP contribution in [0.2, 0.25) is 0 Å². The lowest BCUT2D eigenvalue weighted by Gasteiger charge is -2.32. The molecule has 2 amide bonds. The molecule has 2 aromatic heterocycles. The van der Waals surface area contributed by atoms with Crippen LogP contribution in [0.15, 0.2) is 60.9 Å². The maximum atomic E-state index is 12.6. The van der Waals surface area contributed by atoms with Crippen LogP contribution in [-0.4, -0.2) is 34.0 Å². The van der Waals surface area contributed by atoms with Crippen molar-refractivity contribution in [3.8, 4) is 11.6 Å².